The first-order valence-corrected chi connectivity index (χ1v) is 10.5. The Bertz CT molecular complexity index is 805. The molecule has 0 aliphatic carbocycles. The maximum atomic E-state index is 14.0. The van der Waals surface area contributed by atoms with Gasteiger partial charge in [0.05, 0.1) is 7.11 Å². The maximum Gasteiger partial charge on any atom is 0.223 e. The van der Waals surface area contributed by atoms with Crippen LogP contribution in [0.3, 0.4) is 0 Å². The molecule has 2 aromatic rings. The molecule has 0 saturated carbocycles. The molecule has 0 spiro atoms. The summed E-state index contributed by atoms with van der Waals surface area (Å²) in [6.45, 7) is 2.83. The fraction of sp³-hybridized carbons (Fsp3) is 0.435. The van der Waals surface area contributed by atoms with Gasteiger partial charge in [-0.1, -0.05) is 29.8 Å². The molecule has 1 fully saturated rings. The number of amides is 1. The van der Waals surface area contributed by atoms with Crippen LogP contribution >= 0.6 is 11.6 Å². The van der Waals surface area contributed by atoms with Gasteiger partial charge >= 0.3 is 0 Å². The van der Waals surface area contributed by atoms with E-state index in [0.717, 1.165) is 44.5 Å². The standard InChI is InChI=1S/C23H28ClFN2O2/c1-29-21-8-4-17(5-9-21)3-2-12-26-23(28)18-10-13-27(14-11-18)16-19-6-7-20(24)15-22(19)25/h4-9,15,18H,2-3,10-14,16H2,1H3,(H,26,28). The van der Waals surface area contributed by atoms with Crippen LogP contribution < -0.4 is 10.1 Å². The van der Waals surface area contributed by atoms with Crippen molar-refractivity contribution in [2.45, 2.75) is 32.2 Å². The molecule has 1 saturated heterocycles. The molecule has 6 heteroatoms. The number of likely N-dealkylation sites (tertiary alicyclic amines) is 1. The van der Waals surface area contributed by atoms with Crippen LogP contribution in [0.2, 0.25) is 5.02 Å². The van der Waals surface area contributed by atoms with E-state index in [4.69, 9.17) is 16.3 Å². The third kappa shape index (κ3) is 6.44. The fourth-order valence-electron chi connectivity index (χ4n) is 3.68. The van der Waals surface area contributed by atoms with Crippen LogP contribution in [0.5, 0.6) is 5.75 Å². The van der Waals surface area contributed by atoms with Crippen LogP contribution in [0.4, 0.5) is 4.39 Å². The molecule has 156 valence electrons. The predicted octanol–water partition coefficient (Wildman–Crippen LogP) is 4.45. The minimum Gasteiger partial charge on any atom is -0.497 e. The largest absolute Gasteiger partial charge is 0.497 e. The van der Waals surface area contributed by atoms with Crippen LogP contribution in [0.25, 0.3) is 0 Å². The van der Waals surface area contributed by atoms with E-state index in [1.54, 1.807) is 19.2 Å². The Balaban J connectivity index is 1.35. The van der Waals surface area contributed by atoms with Crippen molar-refractivity contribution in [2.75, 3.05) is 26.7 Å². The van der Waals surface area contributed by atoms with Crippen LogP contribution in [-0.4, -0.2) is 37.6 Å². The molecule has 0 aromatic heterocycles. The lowest BCUT2D eigenvalue weighted by Gasteiger charge is -2.31. The number of hydrogen-bond donors (Lipinski definition) is 1. The van der Waals surface area contributed by atoms with Gasteiger partial charge in [-0.05, 0) is 68.6 Å². The number of piperidine rings is 1. The Hall–Kier alpha value is -2.11. The summed E-state index contributed by atoms with van der Waals surface area (Å²) in [5, 5.41) is 3.48. The van der Waals surface area contributed by atoms with Gasteiger partial charge in [0.2, 0.25) is 5.91 Å². The van der Waals surface area contributed by atoms with Crippen LogP contribution in [0.1, 0.15) is 30.4 Å². The molecule has 0 radical (unpaired) electrons. The number of aryl methyl sites for hydroxylation is 1. The van der Waals surface area contributed by atoms with Crippen LogP contribution in [0.15, 0.2) is 42.5 Å². The van der Waals surface area contributed by atoms with E-state index in [-0.39, 0.29) is 17.6 Å². The summed E-state index contributed by atoms with van der Waals surface area (Å²) in [6.07, 6.45) is 3.45. The minimum atomic E-state index is -0.269. The van der Waals surface area contributed by atoms with Crippen LogP contribution in [-0.2, 0) is 17.8 Å². The number of nitrogens with zero attached hydrogens (tertiary/aromatic N) is 1. The molecule has 1 N–H and O–H groups in total. The summed E-state index contributed by atoms with van der Waals surface area (Å²) >= 11 is 5.81. The van der Waals surface area contributed by atoms with E-state index in [1.807, 2.05) is 12.1 Å². The van der Waals surface area contributed by atoms with Gasteiger partial charge in [-0.2, -0.15) is 0 Å². The van der Waals surface area contributed by atoms with E-state index in [2.05, 4.69) is 22.3 Å². The third-order valence-corrected chi connectivity index (χ3v) is 5.70. The molecule has 3 rings (SSSR count). The van der Waals surface area contributed by atoms with E-state index < -0.39 is 0 Å². The summed E-state index contributed by atoms with van der Waals surface area (Å²) in [5.41, 5.74) is 1.89. The summed E-state index contributed by atoms with van der Waals surface area (Å²) in [4.78, 5) is 14.6. The number of nitrogens with one attached hydrogen (secondary N) is 1. The molecule has 4 nitrogen and oxygen atoms in total. The smallest absolute Gasteiger partial charge is 0.223 e. The first-order valence-electron chi connectivity index (χ1n) is 10.1. The van der Waals surface area contributed by atoms with Gasteiger partial charge in [-0.3, -0.25) is 9.69 Å². The highest BCUT2D eigenvalue weighted by atomic mass is 35.5. The van der Waals surface area contributed by atoms with Crippen molar-refractivity contribution in [3.8, 4) is 5.75 Å². The van der Waals surface area contributed by atoms with Crippen molar-refractivity contribution in [1.29, 1.82) is 0 Å². The van der Waals surface area contributed by atoms with Gasteiger partial charge in [-0.15, -0.1) is 0 Å². The molecule has 0 atom stereocenters. The van der Waals surface area contributed by atoms with E-state index >= 15 is 0 Å². The fourth-order valence-corrected chi connectivity index (χ4v) is 3.84. The minimum absolute atomic E-state index is 0.0438. The zero-order valence-electron chi connectivity index (χ0n) is 16.8. The number of halogens is 2. The quantitative estimate of drug-likeness (QED) is 0.644. The van der Waals surface area contributed by atoms with Gasteiger partial charge < -0.3 is 10.1 Å². The van der Waals surface area contributed by atoms with Crippen molar-refractivity contribution >= 4 is 17.5 Å². The van der Waals surface area contributed by atoms with Crippen molar-refractivity contribution in [1.82, 2.24) is 10.2 Å². The third-order valence-electron chi connectivity index (χ3n) is 5.47. The SMILES string of the molecule is COc1ccc(CCCNC(=O)C2CCN(Cc3ccc(Cl)cc3F)CC2)cc1. The second-order valence-corrected chi connectivity index (χ2v) is 7.97. The Morgan fingerprint density at radius 1 is 1.21 bits per heavy atom. The highest BCUT2D eigenvalue weighted by Crippen LogP contribution is 2.21. The average Bonchev–Trinajstić information content (AvgIpc) is 2.74. The normalized spacial score (nSPS) is 15.3. The van der Waals surface area contributed by atoms with E-state index in [9.17, 15) is 9.18 Å². The Kier molecular flexibility index (Phi) is 7.90. The zero-order valence-corrected chi connectivity index (χ0v) is 17.6. The van der Waals surface area contributed by atoms with Crippen LogP contribution in [0, 0.1) is 11.7 Å². The maximum absolute atomic E-state index is 14.0. The lowest BCUT2D eigenvalue weighted by atomic mass is 9.95. The number of ether oxygens (including phenoxy) is 1. The summed E-state index contributed by atoms with van der Waals surface area (Å²) in [5.74, 6) is 0.765. The highest BCUT2D eigenvalue weighted by molar-refractivity contribution is 6.30. The number of hydrogen-bond acceptors (Lipinski definition) is 3. The van der Waals surface area contributed by atoms with Crippen molar-refractivity contribution in [3.05, 3.63) is 64.4 Å². The molecular weight excluding hydrogens is 391 g/mol. The summed E-state index contributed by atoms with van der Waals surface area (Å²) in [7, 11) is 1.66. The van der Waals surface area contributed by atoms with E-state index in [0.29, 0.717) is 23.7 Å². The first kappa shape index (κ1) is 21.6. The van der Waals surface area contributed by atoms with E-state index in [1.165, 1.54) is 11.6 Å². The monoisotopic (exact) mass is 418 g/mol. The molecule has 29 heavy (non-hydrogen) atoms. The molecule has 0 bridgehead atoms. The van der Waals surface area contributed by atoms with Gasteiger partial charge in [0.1, 0.15) is 11.6 Å². The number of methoxy groups -OCH3 is 1. The number of rotatable bonds is 8. The molecule has 0 unspecified atom stereocenters. The van der Waals surface area contributed by atoms with Gasteiger partial charge in [0, 0.05) is 29.6 Å². The first-order chi connectivity index (χ1) is 14.0. The number of benzene rings is 2. The average molecular weight is 419 g/mol. The highest BCUT2D eigenvalue weighted by Gasteiger charge is 2.25. The molecule has 1 amide bonds. The Morgan fingerprint density at radius 3 is 2.59 bits per heavy atom. The second-order valence-electron chi connectivity index (χ2n) is 7.53. The van der Waals surface area contributed by atoms with Crippen molar-refractivity contribution < 1.29 is 13.9 Å². The molecule has 2 aromatic carbocycles. The molecule has 1 aliphatic heterocycles. The number of carbonyl (C=O) groups excluding carboxylic acids is 1. The topological polar surface area (TPSA) is 41.6 Å². The summed E-state index contributed by atoms with van der Waals surface area (Å²) < 4.78 is 19.1. The zero-order chi connectivity index (χ0) is 20.6. The Labute approximate surface area is 177 Å². The van der Waals surface area contributed by atoms with Gasteiger partial charge in [0.15, 0.2) is 0 Å². The second kappa shape index (κ2) is 10.6. The number of carbonyl (C=O) groups is 1. The summed E-state index contributed by atoms with van der Waals surface area (Å²) in [6, 6.07) is 12.8. The van der Waals surface area contributed by atoms with Gasteiger partial charge in [-0.25, -0.2) is 4.39 Å². The lowest BCUT2D eigenvalue weighted by Crippen LogP contribution is -2.40. The molecular formula is C23H28ClFN2O2. The van der Waals surface area contributed by atoms with Gasteiger partial charge in [0.25, 0.3) is 0 Å². The predicted molar refractivity (Wildman–Crippen MR) is 114 cm³/mol. The van der Waals surface area contributed by atoms with Crippen molar-refractivity contribution in [2.24, 2.45) is 5.92 Å². The van der Waals surface area contributed by atoms with Crippen molar-refractivity contribution in [3.63, 3.8) is 0 Å². The molecule has 1 aliphatic rings. The lowest BCUT2D eigenvalue weighted by molar-refractivity contribution is -0.126. The molecule has 1 heterocycles. The Morgan fingerprint density at radius 2 is 1.93 bits per heavy atom.